The Morgan fingerprint density at radius 2 is 2.00 bits per heavy atom. The molecule has 0 fully saturated rings. The molecular weight excluding hydrogens is 213 g/mol. The topological polar surface area (TPSA) is 3.24 Å². The molecule has 0 amide bonds. The van der Waals surface area contributed by atoms with Crippen LogP contribution in [0.5, 0.6) is 0 Å². The predicted octanol–water partition coefficient (Wildman–Crippen LogP) is 1.76. The van der Waals surface area contributed by atoms with Crippen LogP contribution in [0.15, 0.2) is 0 Å². The molecule has 0 unspecified atom stereocenters. The Labute approximate surface area is 65.6 Å². The summed E-state index contributed by atoms with van der Waals surface area (Å²) in [6, 6.07) is 0.774. The Morgan fingerprint density at radius 1 is 1.50 bits per heavy atom. The van der Waals surface area contributed by atoms with E-state index >= 15 is 0 Å². The van der Waals surface area contributed by atoms with Crippen LogP contribution in [0.4, 0.5) is 0 Å². The fourth-order valence-corrected chi connectivity index (χ4v) is 2.02. The summed E-state index contributed by atoms with van der Waals surface area (Å²) in [5, 5.41) is 0. The molecule has 0 aliphatic carbocycles. The monoisotopic (exact) mass is 227 g/mol. The number of alkyl halides is 1. The van der Waals surface area contributed by atoms with Gasteiger partial charge in [0.05, 0.1) is 0 Å². The summed E-state index contributed by atoms with van der Waals surface area (Å²) < 4.78 is 1.24. The number of halogens is 1. The fraction of sp³-hybridized carbons (Fsp3) is 1.00. The molecule has 0 heterocycles. The Kier molecular flexibility index (Phi) is 4.95. The van der Waals surface area contributed by atoms with E-state index in [1.807, 2.05) is 0 Å². The zero-order valence-corrected chi connectivity index (χ0v) is 7.97. The first kappa shape index (κ1) is 8.69. The van der Waals surface area contributed by atoms with Gasteiger partial charge < -0.3 is 4.90 Å². The Bertz CT molecular complexity index is 50.5. The quantitative estimate of drug-likeness (QED) is 0.524. The van der Waals surface area contributed by atoms with Crippen molar-refractivity contribution in [1.82, 2.24) is 4.90 Å². The SMILES string of the molecule is CC[C@H](CI)N(C)C. The zero-order chi connectivity index (χ0) is 6.57. The van der Waals surface area contributed by atoms with Crippen LogP contribution in [0.1, 0.15) is 13.3 Å². The Hall–Kier alpha value is 0.690. The minimum absolute atomic E-state index is 0.774. The summed E-state index contributed by atoms with van der Waals surface area (Å²) in [5.74, 6) is 0. The normalized spacial score (nSPS) is 14.6. The molecule has 0 saturated heterocycles. The summed E-state index contributed by atoms with van der Waals surface area (Å²) in [5.41, 5.74) is 0. The Morgan fingerprint density at radius 3 is 2.00 bits per heavy atom. The van der Waals surface area contributed by atoms with Crippen LogP contribution in [-0.4, -0.2) is 29.5 Å². The molecule has 0 aromatic rings. The maximum absolute atomic E-state index is 2.42. The number of hydrogen-bond acceptors (Lipinski definition) is 1. The summed E-state index contributed by atoms with van der Waals surface area (Å²) >= 11 is 2.42. The van der Waals surface area contributed by atoms with Crippen molar-refractivity contribution in [2.75, 3.05) is 18.5 Å². The van der Waals surface area contributed by atoms with Crippen LogP contribution in [0.25, 0.3) is 0 Å². The first-order valence-electron chi connectivity index (χ1n) is 2.94. The molecule has 1 nitrogen and oxygen atoms in total. The molecule has 0 rings (SSSR count). The van der Waals surface area contributed by atoms with Crippen molar-refractivity contribution in [3.05, 3.63) is 0 Å². The van der Waals surface area contributed by atoms with E-state index in [1.165, 1.54) is 10.8 Å². The summed E-state index contributed by atoms with van der Waals surface area (Å²) in [4.78, 5) is 2.27. The molecule has 2 heteroatoms. The van der Waals surface area contributed by atoms with E-state index in [1.54, 1.807) is 0 Å². The van der Waals surface area contributed by atoms with Gasteiger partial charge in [0.15, 0.2) is 0 Å². The standard InChI is InChI=1S/C6H14IN/c1-4-6(5-7)8(2)3/h6H,4-5H2,1-3H3/t6-/m1/s1. The lowest BCUT2D eigenvalue weighted by Gasteiger charge is -2.19. The zero-order valence-electron chi connectivity index (χ0n) is 5.82. The van der Waals surface area contributed by atoms with Gasteiger partial charge in [0.2, 0.25) is 0 Å². The minimum Gasteiger partial charge on any atom is -0.306 e. The largest absolute Gasteiger partial charge is 0.306 e. The smallest absolute Gasteiger partial charge is 0.0176 e. The van der Waals surface area contributed by atoms with Crippen molar-refractivity contribution < 1.29 is 0 Å². The molecule has 50 valence electrons. The van der Waals surface area contributed by atoms with E-state index in [0.717, 1.165) is 6.04 Å². The van der Waals surface area contributed by atoms with Gasteiger partial charge in [-0.1, -0.05) is 29.5 Å². The van der Waals surface area contributed by atoms with Gasteiger partial charge in [-0.15, -0.1) is 0 Å². The van der Waals surface area contributed by atoms with Crippen molar-refractivity contribution in [1.29, 1.82) is 0 Å². The van der Waals surface area contributed by atoms with E-state index in [9.17, 15) is 0 Å². The van der Waals surface area contributed by atoms with Crippen molar-refractivity contribution in [3.8, 4) is 0 Å². The van der Waals surface area contributed by atoms with Gasteiger partial charge in [0.1, 0.15) is 0 Å². The number of rotatable bonds is 3. The molecular formula is C6H14IN. The van der Waals surface area contributed by atoms with Gasteiger partial charge in [0.25, 0.3) is 0 Å². The summed E-state index contributed by atoms with van der Waals surface area (Å²) in [7, 11) is 4.26. The molecule has 0 aliphatic rings. The van der Waals surface area contributed by atoms with E-state index < -0.39 is 0 Å². The van der Waals surface area contributed by atoms with Crippen LogP contribution in [0, 0.1) is 0 Å². The predicted molar refractivity (Wildman–Crippen MR) is 46.7 cm³/mol. The van der Waals surface area contributed by atoms with Crippen molar-refractivity contribution >= 4 is 22.6 Å². The molecule has 0 aliphatic heterocycles. The van der Waals surface area contributed by atoms with Gasteiger partial charge in [-0.3, -0.25) is 0 Å². The lowest BCUT2D eigenvalue weighted by Crippen LogP contribution is -2.28. The van der Waals surface area contributed by atoms with E-state index in [2.05, 4.69) is 48.5 Å². The van der Waals surface area contributed by atoms with Crippen LogP contribution in [0.2, 0.25) is 0 Å². The van der Waals surface area contributed by atoms with Crippen LogP contribution >= 0.6 is 22.6 Å². The molecule has 1 atom stereocenters. The van der Waals surface area contributed by atoms with E-state index in [-0.39, 0.29) is 0 Å². The molecule has 0 saturated carbocycles. The molecule has 8 heavy (non-hydrogen) atoms. The maximum atomic E-state index is 2.42. The summed E-state index contributed by atoms with van der Waals surface area (Å²) in [6.45, 7) is 2.23. The van der Waals surface area contributed by atoms with E-state index in [4.69, 9.17) is 0 Å². The highest BCUT2D eigenvalue weighted by Gasteiger charge is 2.03. The highest BCUT2D eigenvalue weighted by Crippen LogP contribution is 2.01. The first-order chi connectivity index (χ1) is 3.72. The van der Waals surface area contributed by atoms with Crippen molar-refractivity contribution in [2.45, 2.75) is 19.4 Å². The molecule has 0 bridgehead atoms. The van der Waals surface area contributed by atoms with Crippen molar-refractivity contribution in [2.24, 2.45) is 0 Å². The summed E-state index contributed by atoms with van der Waals surface area (Å²) in [6.07, 6.45) is 1.26. The minimum atomic E-state index is 0.774. The maximum Gasteiger partial charge on any atom is 0.0176 e. The van der Waals surface area contributed by atoms with Gasteiger partial charge in [-0.2, -0.15) is 0 Å². The average molecular weight is 227 g/mol. The second-order valence-corrected chi connectivity index (χ2v) is 3.06. The van der Waals surface area contributed by atoms with Gasteiger partial charge in [0, 0.05) is 10.5 Å². The third-order valence-electron chi connectivity index (χ3n) is 1.38. The molecule has 0 radical (unpaired) electrons. The third-order valence-corrected chi connectivity index (χ3v) is 2.40. The van der Waals surface area contributed by atoms with Crippen molar-refractivity contribution in [3.63, 3.8) is 0 Å². The fourth-order valence-electron chi connectivity index (χ4n) is 0.612. The second-order valence-electron chi connectivity index (χ2n) is 2.18. The lowest BCUT2D eigenvalue weighted by atomic mass is 10.2. The van der Waals surface area contributed by atoms with Crippen LogP contribution in [-0.2, 0) is 0 Å². The first-order valence-corrected chi connectivity index (χ1v) is 4.47. The number of hydrogen-bond donors (Lipinski definition) is 0. The highest BCUT2D eigenvalue weighted by molar-refractivity contribution is 14.1. The Balaban J connectivity index is 3.35. The molecule has 0 N–H and O–H groups in total. The number of nitrogens with zero attached hydrogens (tertiary/aromatic N) is 1. The molecule has 0 spiro atoms. The van der Waals surface area contributed by atoms with E-state index in [0.29, 0.717) is 0 Å². The lowest BCUT2D eigenvalue weighted by molar-refractivity contribution is 0.315. The van der Waals surface area contributed by atoms with Crippen LogP contribution in [0.3, 0.4) is 0 Å². The van der Waals surface area contributed by atoms with Gasteiger partial charge in [-0.05, 0) is 20.5 Å². The second kappa shape index (κ2) is 4.56. The average Bonchev–Trinajstić information content (AvgIpc) is 1.69. The third kappa shape index (κ3) is 2.87. The molecule has 0 aromatic carbocycles. The highest BCUT2D eigenvalue weighted by atomic mass is 127. The van der Waals surface area contributed by atoms with Gasteiger partial charge >= 0.3 is 0 Å². The molecule has 0 aromatic heterocycles. The van der Waals surface area contributed by atoms with Gasteiger partial charge in [-0.25, -0.2) is 0 Å². The van der Waals surface area contributed by atoms with Crippen LogP contribution < -0.4 is 0 Å².